The first-order valence-electron chi connectivity index (χ1n) is 5.75. The van der Waals surface area contributed by atoms with Gasteiger partial charge in [-0.1, -0.05) is 13.8 Å². The van der Waals surface area contributed by atoms with Crippen molar-refractivity contribution in [1.82, 2.24) is 4.72 Å². The zero-order valence-electron chi connectivity index (χ0n) is 10.8. The molecule has 0 aliphatic carbocycles. The monoisotopic (exact) mass is 274 g/mol. The second-order valence-corrected chi connectivity index (χ2v) is 6.44. The quantitative estimate of drug-likeness (QED) is 0.852. The van der Waals surface area contributed by atoms with Crippen molar-refractivity contribution in [2.45, 2.75) is 31.7 Å². The second-order valence-electron chi connectivity index (χ2n) is 4.67. The van der Waals surface area contributed by atoms with Gasteiger partial charge in [-0.15, -0.1) is 0 Å². The van der Waals surface area contributed by atoms with Gasteiger partial charge in [0.15, 0.2) is 0 Å². The molecule has 1 rings (SSSR count). The second kappa shape index (κ2) is 5.77. The van der Waals surface area contributed by atoms with E-state index in [1.165, 1.54) is 19.1 Å². The van der Waals surface area contributed by atoms with E-state index in [0.29, 0.717) is 5.56 Å². The summed E-state index contributed by atoms with van der Waals surface area (Å²) in [5, 5.41) is 0. The maximum absolute atomic E-state index is 13.1. The van der Waals surface area contributed by atoms with Crippen LogP contribution in [0, 0.1) is 18.7 Å². The molecule has 0 fully saturated rings. The first-order chi connectivity index (χ1) is 8.24. The van der Waals surface area contributed by atoms with Crippen LogP contribution in [0.25, 0.3) is 0 Å². The number of nitrogens with two attached hydrogens (primary N) is 1. The van der Waals surface area contributed by atoms with Gasteiger partial charge in [0.25, 0.3) is 0 Å². The fourth-order valence-corrected chi connectivity index (χ4v) is 2.47. The van der Waals surface area contributed by atoms with E-state index >= 15 is 0 Å². The summed E-state index contributed by atoms with van der Waals surface area (Å²) >= 11 is 0. The fourth-order valence-electron chi connectivity index (χ4n) is 1.31. The molecular weight excluding hydrogens is 255 g/mol. The number of benzene rings is 1. The molecule has 6 heteroatoms. The van der Waals surface area contributed by atoms with Crippen molar-refractivity contribution < 1.29 is 12.8 Å². The molecule has 0 heterocycles. The molecule has 0 aromatic heterocycles. The minimum absolute atomic E-state index is 0.0531. The Morgan fingerprint density at radius 3 is 2.50 bits per heavy atom. The Morgan fingerprint density at radius 1 is 1.39 bits per heavy atom. The minimum atomic E-state index is -3.62. The lowest BCUT2D eigenvalue weighted by Crippen LogP contribution is -2.40. The summed E-state index contributed by atoms with van der Waals surface area (Å²) in [6, 6.07) is 3.44. The first-order valence-corrected chi connectivity index (χ1v) is 7.23. The standard InChI is InChI=1S/C12H19FN2O2S/c1-8(2)12(14)7-15-18(16,17)10-4-5-11(13)9(3)6-10/h4-6,8,12,15H,7,14H2,1-3H3/t12-/m0/s1. The van der Waals surface area contributed by atoms with Gasteiger partial charge in [-0.2, -0.15) is 0 Å². The predicted molar refractivity (Wildman–Crippen MR) is 69.1 cm³/mol. The largest absolute Gasteiger partial charge is 0.326 e. The highest BCUT2D eigenvalue weighted by molar-refractivity contribution is 7.89. The van der Waals surface area contributed by atoms with Gasteiger partial charge in [0.05, 0.1) is 4.90 Å². The van der Waals surface area contributed by atoms with Crippen molar-refractivity contribution in [2.24, 2.45) is 11.7 Å². The third-order valence-corrected chi connectivity index (χ3v) is 4.23. The van der Waals surface area contributed by atoms with E-state index in [-0.39, 0.29) is 23.4 Å². The molecular formula is C12H19FN2O2S. The molecule has 4 nitrogen and oxygen atoms in total. The Hall–Kier alpha value is -0.980. The van der Waals surface area contributed by atoms with E-state index in [9.17, 15) is 12.8 Å². The predicted octanol–water partition coefficient (Wildman–Crippen LogP) is 1.40. The van der Waals surface area contributed by atoms with Gasteiger partial charge >= 0.3 is 0 Å². The topological polar surface area (TPSA) is 72.2 Å². The first kappa shape index (κ1) is 15.1. The van der Waals surface area contributed by atoms with Crippen LogP contribution in [0.15, 0.2) is 23.1 Å². The highest BCUT2D eigenvalue weighted by Gasteiger charge is 2.17. The summed E-state index contributed by atoms with van der Waals surface area (Å²) in [4.78, 5) is 0.0531. The van der Waals surface area contributed by atoms with Crippen LogP contribution in [0.3, 0.4) is 0 Å². The average molecular weight is 274 g/mol. The minimum Gasteiger partial charge on any atom is -0.326 e. The van der Waals surface area contributed by atoms with Gasteiger partial charge in [-0.3, -0.25) is 0 Å². The fraction of sp³-hybridized carbons (Fsp3) is 0.500. The molecule has 0 saturated heterocycles. The molecule has 0 unspecified atom stereocenters. The molecule has 3 N–H and O–H groups in total. The number of aryl methyl sites for hydroxylation is 1. The lowest BCUT2D eigenvalue weighted by Gasteiger charge is -2.16. The zero-order chi connectivity index (χ0) is 13.9. The van der Waals surface area contributed by atoms with Crippen LogP contribution in [-0.4, -0.2) is 21.0 Å². The molecule has 0 aliphatic rings. The maximum atomic E-state index is 13.1. The number of hydrogen-bond donors (Lipinski definition) is 2. The summed E-state index contributed by atoms with van der Waals surface area (Å²) in [5.41, 5.74) is 6.07. The van der Waals surface area contributed by atoms with Crippen molar-refractivity contribution in [3.8, 4) is 0 Å². The molecule has 1 aromatic carbocycles. The Labute approximate surface area is 107 Å². The van der Waals surface area contributed by atoms with Gasteiger partial charge in [-0.05, 0) is 36.6 Å². The van der Waals surface area contributed by atoms with E-state index in [1.807, 2.05) is 13.8 Å². The van der Waals surface area contributed by atoms with Crippen LogP contribution in [0.1, 0.15) is 19.4 Å². The average Bonchev–Trinajstić information content (AvgIpc) is 2.29. The van der Waals surface area contributed by atoms with Gasteiger partial charge in [0.2, 0.25) is 10.0 Å². The Morgan fingerprint density at radius 2 is 2.00 bits per heavy atom. The molecule has 18 heavy (non-hydrogen) atoms. The molecule has 0 amide bonds. The zero-order valence-corrected chi connectivity index (χ0v) is 11.6. The van der Waals surface area contributed by atoms with E-state index in [1.54, 1.807) is 0 Å². The summed E-state index contributed by atoms with van der Waals surface area (Å²) in [6.45, 7) is 5.52. The van der Waals surface area contributed by atoms with Crippen molar-refractivity contribution >= 4 is 10.0 Å². The number of sulfonamides is 1. The van der Waals surface area contributed by atoms with Gasteiger partial charge in [-0.25, -0.2) is 17.5 Å². The molecule has 0 radical (unpaired) electrons. The summed E-state index contributed by atoms with van der Waals surface area (Å²) in [7, 11) is -3.62. The highest BCUT2D eigenvalue weighted by Crippen LogP contribution is 2.14. The van der Waals surface area contributed by atoms with Gasteiger partial charge < -0.3 is 5.73 Å². The van der Waals surface area contributed by atoms with Crippen LogP contribution in [0.4, 0.5) is 4.39 Å². The normalized spacial score (nSPS) is 13.9. The third-order valence-electron chi connectivity index (χ3n) is 2.81. The SMILES string of the molecule is Cc1cc(S(=O)(=O)NC[C@H](N)C(C)C)ccc1F. The van der Waals surface area contributed by atoms with E-state index in [2.05, 4.69) is 4.72 Å². The van der Waals surface area contributed by atoms with Crippen LogP contribution >= 0.6 is 0 Å². The molecule has 1 atom stereocenters. The van der Waals surface area contributed by atoms with Crippen LogP contribution < -0.4 is 10.5 Å². The van der Waals surface area contributed by atoms with E-state index in [4.69, 9.17) is 5.73 Å². The molecule has 0 spiro atoms. The Kier molecular flexibility index (Phi) is 4.84. The smallest absolute Gasteiger partial charge is 0.240 e. The summed E-state index contributed by atoms with van der Waals surface area (Å²) < 4.78 is 39.4. The molecule has 0 saturated carbocycles. The van der Waals surface area contributed by atoms with Crippen LogP contribution in [0.2, 0.25) is 0 Å². The van der Waals surface area contributed by atoms with Crippen molar-refractivity contribution in [3.63, 3.8) is 0 Å². The van der Waals surface area contributed by atoms with Crippen LogP contribution in [0.5, 0.6) is 0 Å². The lowest BCUT2D eigenvalue weighted by atomic mass is 10.1. The Bertz CT molecular complexity index is 515. The highest BCUT2D eigenvalue weighted by atomic mass is 32.2. The van der Waals surface area contributed by atoms with Crippen molar-refractivity contribution in [2.75, 3.05) is 6.54 Å². The molecule has 0 aliphatic heterocycles. The number of rotatable bonds is 5. The molecule has 1 aromatic rings. The molecule has 102 valence electrons. The van der Waals surface area contributed by atoms with E-state index in [0.717, 1.165) is 6.07 Å². The van der Waals surface area contributed by atoms with Gasteiger partial charge in [0.1, 0.15) is 5.82 Å². The molecule has 0 bridgehead atoms. The summed E-state index contributed by atoms with van der Waals surface area (Å²) in [6.07, 6.45) is 0. The number of hydrogen-bond acceptors (Lipinski definition) is 3. The van der Waals surface area contributed by atoms with Crippen molar-refractivity contribution in [3.05, 3.63) is 29.6 Å². The van der Waals surface area contributed by atoms with Gasteiger partial charge in [0, 0.05) is 12.6 Å². The van der Waals surface area contributed by atoms with Crippen molar-refractivity contribution in [1.29, 1.82) is 0 Å². The Balaban J connectivity index is 2.83. The third kappa shape index (κ3) is 3.76. The van der Waals surface area contributed by atoms with Crippen LogP contribution in [-0.2, 0) is 10.0 Å². The number of nitrogens with one attached hydrogen (secondary N) is 1. The summed E-state index contributed by atoms with van der Waals surface area (Å²) in [5.74, 6) is -0.240. The lowest BCUT2D eigenvalue weighted by molar-refractivity contribution is 0.481. The maximum Gasteiger partial charge on any atom is 0.240 e. The number of halogens is 1. The van der Waals surface area contributed by atoms with E-state index < -0.39 is 15.8 Å².